The van der Waals surface area contributed by atoms with Gasteiger partial charge < -0.3 is 14.2 Å². The predicted molar refractivity (Wildman–Crippen MR) is 125 cm³/mol. The van der Waals surface area contributed by atoms with Crippen LogP contribution in [0.5, 0.6) is 11.5 Å². The maximum Gasteiger partial charge on any atom is 0.338 e. The highest BCUT2D eigenvalue weighted by Gasteiger charge is 2.14. The number of esters is 1. The highest BCUT2D eigenvalue weighted by Crippen LogP contribution is 2.33. The van der Waals surface area contributed by atoms with Crippen molar-refractivity contribution >= 4 is 5.97 Å². The lowest BCUT2D eigenvalue weighted by Gasteiger charge is -2.14. The van der Waals surface area contributed by atoms with Crippen molar-refractivity contribution in [1.29, 1.82) is 0 Å². The number of carbonyl (C=O) groups is 1. The van der Waals surface area contributed by atoms with Crippen LogP contribution in [0.3, 0.4) is 0 Å². The predicted octanol–water partition coefficient (Wildman–Crippen LogP) is 6.30. The second-order valence-electron chi connectivity index (χ2n) is 7.28. The zero-order chi connectivity index (χ0) is 22.2. The third-order valence-corrected chi connectivity index (χ3v) is 5.07. The van der Waals surface area contributed by atoms with E-state index in [1.54, 1.807) is 13.2 Å². The first-order valence-corrected chi connectivity index (χ1v) is 10.4. The molecule has 0 saturated heterocycles. The van der Waals surface area contributed by atoms with Crippen LogP contribution >= 0.6 is 0 Å². The Labute approximate surface area is 188 Å². The van der Waals surface area contributed by atoms with Crippen molar-refractivity contribution in [2.45, 2.75) is 13.2 Å². The van der Waals surface area contributed by atoms with E-state index in [1.165, 1.54) is 0 Å². The van der Waals surface area contributed by atoms with Gasteiger partial charge in [-0.1, -0.05) is 72.8 Å². The minimum atomic E-state index is -0.377. The van der Waals surface area contributed by atoms with E-state index in [9.17, 15) is 4.79 Å². The van der Waals surface area contributed by atoms with E-state index in [4.69, 9.17) is 14.2 Å². The van der Waals surface area contributed by atoms with Gasteiger partial charge in [0.1, 0.15) is 24.7 Å². The van der Waals surface area contributed by atoms with Crippen LogP contribution in [0.1, 0.15) is 21.5 Å². The molecular weight excluding hydrogens is 400 g/mol. The Morgan fingerprint density at radius 3 is 1.97 bits per heavy atom. The first-order chi connectivity index (χ1) is 15.7. The third-order valence-electron chi connectivity index (χ3n) is 5.07. The minimum absolute atomic E-state index is 0.226. The molecule has 4 heteroatoms. The molecule has 4 rings (SSSR count). The topological polar surface area (TPSA) is 44.8 Å². The SMILES string of the molecule is COc1ccc(-c2cc(C(=O)OCc3ccccc3)ccc2OCc2ccccc2)cc1. The molecule has 0 amide bonds. The van der Waals surface area contributed by atoms with Gasteiger partial charge in [-0.3, -0.25) is 0 Å². The van der Waals surface area contributed by atoms with E-state index in [0.717, 1.165) is 28.0 Å². The Morgan fingerprint density at radius 1 is 0.719 bits per heavy atom. The molecule has 0 spiro atoms. The molecule has 0 aliphatic rings. The van der Waals surface area contributed by atoms with Gasteiger partial charge in [0, 0.05) is 5.56 Å². The Morgan fingerprint density at radius 2 is 1.34 bits per heavy atom. The third kappa shape index (κ3) is 5.35. The summed E-state index contributed by atoms with van der Waals surface area (Å²) in [6.45, 7) is 0.658. The zero-order valence-electron chi connectivity index (χ0n) is 17.9. The average Bonchev–Trinajstić information content (AvgIpc) is 2.87. The number of hydrogen-bond donors (Lipinski definition) is 0. The van der Waals surface area contributed by atoms with Crippen LogP contribution in [-0.2, 0) is 18.0 Å². The number of methoxy groups -OCH3 is 1. The quantitative estimate of drug-likeness (QED) is 0.312. The van der Waals surface area contributed by atoms with Gasteiger partial charge in [0.25, 0.3) is 0 Å². The zero-order valence-corrected chi connectivity index (χ0v) is 17.9. The number of ether oxygens (including phenoxy) is 3. The molecule has 0 aliphatic carbocycles. The lowest BCUT2D eigenvalue weighted by Crippen LogP contribution is -2.06. The van der Waals surface area contributed by atoms with Gasteiger partial charge in [0.2, 0.25) is 0 Å². The van der Waals surface area contributed by atoms with Crippen molar-refractivity contribution in [2.75, 3.05) is 7.11 Å². The maximum atomic E-state index is 12.7. The molecule has 0 aliphatic heterocycles. The molecule has 4 aromatic carbocycles. The first kappa shape index (κ1) is 21.2. The molecular formula is C28H24O4. The molecule has 0 fully saturated rings. The summed E-state index contributed by atoms with van der Waals surface area (Å²) in [5.74, 6) is 1.08. The van der Waals surface area contributed by atoms with Crippen molar-refractivity contribution in [1.82, 2.24) is 0 Å². The van der Waals surface area contributed by atoms with E-state index in [0.29, 0.717) is 17.9 Å². The van der Waals surface area contributed by atoms with Crippen LogP contribution < -0.4 is 9.47 Å². The van der Waals surface area contributed by atoms with Crippen LogP contribution in [0.25, 0.3) is 11.1 Å². The minimum Gasteiger partial charge on any atom is -0.497 e. The fourth-order valence-electron chi connectivity index (χ4n) is 3.32. The molecule has 0 bridgehead atoms. The molecule has 0 radical (unpaired) electrons. The number of rotatable bonds is 8. The second-order valence-corrected chi connectivity index (χ2v) is 7.28. The Balaban J connectivity index is 1.58. The van der Waals surface area contributed by atoms with Gasteiger partial charge in [0.05, 0.1) is 12.7 Å². The fourth-order valence-corrected chi connectivity index (χ4v) is 3.32. The summed E-state index contributed by atoms with van der Waals surface area (Å²) in [6.07, 6.45) is 0. The summed E-state index contributed by atoms with van der Waals surface area (Å²) in [5, 5.41) is 0. The lowest BCUT2D eigenvalue weighted by molar-refractivity contribution is 0.0472. The maximum absolute atomic E-state index is 12.7. The van der Waals surface area contributed by atoms with Gasteiger partial charge >= 0.3 is 5.97 Å². The van der Waals surface area contributed by atoms with Gasteiger partial charge in [-0.05, 0) is 47.0 Å². The van der Waals surface area contributed by atoms with E-state index in [-0.39, 0.29) is 12.6 Å². The molecule has 0 aromatic heterocycles. The standard InChI is InChI=1S/C28H24O4/c1-30-25-15-12-23(13-16-25)26-18-24(28(29)32-20-22-10-6-3-7-11-22)14-17-27(26)31-19-21-8-4-2-5-9-21/h2-18H,19-20H2,1H3. The highest BCUT2D eigenvalue weighted by atomic mass is 16.5. The van der Waals surface area contributed by atoms with Gasteiger partial charge in [0.15, 0.2) is 0 Å². The van der Waals surface area contributed by atoms with E-state index >= 15 is 0 Å². The molecule has 0 heterocycles. The van der Waals surface area contributed by atoms with Crippen molar-refractivity contribution < 1.29 is 19.0 Å². The van der Waals surface area contributed by atoms with Crippen molar-refractivity contribution in [3.8, 4) is 22.6 Å². The van der Waals surface area contributed by atoms with Crippen LogP contribution in [0.2, 0.25) is 0 Å². The monoisotopic (exact) mass is 424 g/mol. The normalized spacial score (nSPS) is 10.4. The summed E-state index contributed by atoms with van der Waals surface area (Å²) < 4.78 is 16.9. The average molecular weight is 424 g/mol. The molecule has 32 heavy (non-hydrogen) atoms. The van der Waals surface area contributed by atoms with Gasteiger partial charge in [-0.2, -0.15) is 0 Å². The molecule has 0 unspecified atom stereocenters. The molecule has 4 aromatic rings. The number of carbonyl (C=O) groups excluding carboxylic acids is 1. The van der Waals surface area contributed by atoms with Crippen LogP contribution in [-0.4, -0.2) is 13.1 Å². The van der Waals surface area contributed by atoms with E-state index in [1.807, 2.05) is 97.1 Å². The molecule has 4 nitrogen and oxygen atoms in total. The van der Waals surface area contributed by atoms with E-state index in [2.05, 4.69) is 0 Å². The van der Waals surface area contributed by atoms with Crippen LogP contribution in [0.4, 0.5) is 0 Å². The summed E-state index contributed by atoms with van der Waals surface area (Å²) in [7, 11) is 1.63. The number of hydrogen-bond acceptors (Lipinski definition) is 4. The smallest absolute Gasteiger partial charge is 0.338 e. The second kappa shape index (κ2) is 10.3. The molecule has 0 saturated carbocycles. The Bertz CT molecular complexity index is 1150. The first-order valence-electron chi connectivity index (χ1n) is 10.4. The van der Waals surface area contributed by atoms with Gasteiger partial charge in [-0.15, -0.1) is 0 Å². The van der Waals surface area contributed by atoms with Gasteiger partial charge in [-0.25, -0.2) is 4.79 Å². The number of benzene rings is 4. The largest absolute Gasteiger partial charge is 0.497 e. The molecule has 0 atom stereocenters. The summed E-state index contributed by atoms with van der Waals surface area (Å²) in [5.41, 5.74) is 4.22. The van der Waals surface area contributed by atoms with E-state index < -0.39 is 0 Å². The summed E-state index contributed by atoms with van der Waals surface area (Å²) in [4.78, 5) is 12.7. The van der Waals surface area contributed by atoms with Crippen LogP contribution in [0, 0.1) is 0 Å². The van der Waals surface area contributed by atoms with Crippen molar-refractivity contribution in [3.05, 3.63) is 120 Å². The Hall–Kier alpha value is -4.05. The van der Waals surface area contributed by atoms with Crippen molar-refractivity contribution in [2.24, 2.45) is 0 Å². The highest BCUT2D eigenvalue weighted by molar-refractivity contribution is 5.92. The lowest BCUT2D eigenvalue weighted by atomic mass is 10.0. The van der Waals surface area contributed by atoms with Crippen molar-refractivity contribution in [3.63, 3.8) is 0 Å². The Kier molecular flexibility index (Phi) is 6.83. The summed E-state index contributed by atoms with van der Waals surface area (Å²) in [6, 6.07) is 32.6. The fraction of sp³-hybridized carbons (Fsp3) is 0.107. The summed E-state index contributed by atoms with van der Waals surface area (Å²) >= 11 is 0. The molecule has 160 valence electrons. The van der Waals surface area contributed by atoms with Crippen LogP contribution in [0.15, 0.2) is 103 Å². The molecule has 0 N–H and O–H groups in total.